The quantitative estimate of drug-likeness (QED) is 0.684. The van der Waals surface area contributed by atoms with Crippen LogP contribution in [0.2, 0.25) is 0 Å². The van der Waals surface area contributed by atoms with Crippen LogP contribution < -0.4 is 11.5 Å². The van der Waals surface area contributed by atoms with E-state index in [-0.39, 0.29) is 12.0 Å². The second-order valence-electron chi connectivity index (χ2n) is 2.96. The van der Waals surface area contributed by atoms with E-state index in [9.17, 15) is 4.79 Å². The summed E-state index contributed by atoms with van der Waals surface area (Å²) < 4.78 is 4.59. The molecule has 0 saturated heterocycles. The van der Waals surface area contributed by atoms with Crippen LogP contribution in [0, 0.1) is 0 Å². The molecule has 1 atom stereocenters. The Morgan fingerprint density at radius 3 is 2.86 bits per heavy atom. The summed E-state index contributed by atoms with van der Waals surface area (Å²) in [4.78, 5) is 11.2. The molecule has 14 heavy (non-hydrogen) atoms. The topological polar surface area (TPSA) is 78.3 Å². The number of benzene rings is 1. The van der Waals surface area contributed by atoms with Crippen molar-refractivity contribution in [2.75, 3.05) is 13.7 Å². The van der Waals surface area contributed by atoms with Gasteiger partial charge in [-0.25, -0.2) is 4.79 Å². The predicted octanol–water partition coefficient (Wildman–Crippen LogP) is 0.432. The van der Waals surface area contributed by atoms with E-state index in [1.165, 1.54) is 7.11 Å². The van der Waals surface area contributed by atoms with Gasteiger partial charge in [0.05, 0.1) is 12.7 Å². The minimum Gasteiger partial charge on any atom is -0.465 e. The van der Waals surface area contributed by atoms with Crippen LogP contribution >= 0.6 is 0 Å². The molecule has 1 aromatic rings. The van der Waals surface area contributed by atoms with E-state index in [1.807, 2.05) is 6.07 Å². The molecule has 76 valence electrons. The molecule has 0 fully saturated rings. The zero-order chi connectivity index (χ0) is 10.6. The van der Waals surface area contributed by atoms with E-state index in [2.05, 4.69) is 4.74 Å². The third kappa shape index (κ3) is 2.31. The maximum absolute atomic E-state index is 11.2. The minimum atomic E-state index is -0.365. The zero-order valence-electron chi connectivity index (χ0n) is 8.07. The molecule has 0 aliphatic rings. The van der Waals surface area contributed by atoms with Crippen LogP contribution in [0.5, 0.6) is 0 Å². The van der Waals surface area contributed by atoms with Gasteiger partial charge in [0.1, 0.15) is 0 Å². The third-order valence-corrected chi connectivity index (χ3v) is 1.99. The average molecular weight is 194 g/mol. The second-order valence-corrected chi connectivity index (χ2v) is 2.96. The number of hydrogen-bond donors (Lipinski definition) is 2. The van der Waals surface area contributed by atoms with Gasteiger partial charge in [-0.3, -0.25) is 0 Å². The van der Waals surface area contributed by atoms with Gasteiger partial charge in [0.15, 0.2) is 0 Å². The van der Waals surface area contributed by atoms with Gasteiger partial charge in [-0.05, 0) is 17.7 Å². The maximum atomic E-state index is 11.2. The lowest BCUT2D eigenvalue weighted by Gasteiger charge is -2.09. The van der Waals surface area contributed by atoms with Crippen LogP contribution in [0.1, 0.15) is 22.0 Å². The first kappa shape index (κ1) is 10.7. The smallest absolute Gasteiger partial charge is 0.337 e. The van der Waals surface area contributed by atoms with E-state index in [1.54, 1.807) is 18.2 Å². The number of hydrogen-bond acceptors (Lipinski definition) is 4. The molecule has 0 spiro atoms. The van der Waals surface area contributed by atoms with Crippen molar-refractivity contribution in [3.8, 4) is 0 Å². The van der Waals surface area contributed by atoms with Crippen molar-refractivity contribution >= 4 is 5.97 Å². The summed E-state index contributed by atoms with van der Waals surface area (Å²) in [5.74, 6) is -0.365. The molecule has 0 aliphatic heterocycles. The summed E-state index contributed by atoms with van der Waals surface area (Å²) in [6, 6.07) is 6.74. The normalized spacial score (nSPS) is 12.2. The van der Waals surface area contributed by atoms with E-state index >= 15 is 0 Å². The summed E-state index contributed by atoms with van der Waals surface area (Å²) in [7, 11) is 1.35. The molecule has 4 nitrogen and oxygen atoms in total. The number of rotatable bonds is 3. The predicted molar refractivity (Wildman–Crippen MR) is 53.8 cm³/mol. The van der Waals surface area contributed by atoms with Gasteiger partial charge >= 0.3 is 5.97 Å². The molecule has 0 aromatic heterocycles. The summed E-state index contributed by atoms with van der Waals surface area (Å²) >= 11 is 0. The Morgan fingerprint density at radius 1 is 1.57 bits per heavy atom. The maximum Gasteiger partial charge on any atom is 0.337 e. The van der Waals surface area contributed by atoms with Crippen LogP contribution in [-0.2, 0) is 4.74 Å². The highest BCUT2D eigenvalue weighted by Gasteiger charge is 2.08. The van der Waals surface area contributed by atoms with E-state index in [0.717, 1.165) is 5.56 Å². The SMILES string of the molecule is COC(=O)c1cccc([C@H](N)CN)c1. The summed E-state index contributed by atoms with van der Waals surface area (Å²) in [5, 5.41) is 0. The molecule has 4 N–H and O–H groups in total. The van der Waals surface area contributed by atoms with Crippen LogP contribution in [-0.4, -0.2) is 19.6 Å². The lowest BCUT2D eigenvalue weighted by atomic mass is 10.0. The van der Waals surface area contributed by atoms with E-state index in [0.29, 0.717) is 12.1 Å². The molecular weight excluding hydrogens is 180 g/mol. The van der Waals surface area contributed by atoms with Gasteiger partial charge in [0.25, 0.3) is 0 Å². The Bertz CT molecular complexity index is 326. The molecule has 0 heterocycles. The van der Waals surface area contributed by atoms with Crippen molar-refractivity contribution in [2.24, 2.45) is 11.5 Å². The molecule has 0 radical (unpaired) electrons. The molecule has 4 heteroatoms. The molecule has 0 amide bonds. The number of methoxy groups -OCH3 is 1. The highest BCUT2D eigenvalue weighted by Crippen LogP contribution is 2.12. The van der Waals surface area contributed by atoms with Gasteiger partial charge in [0.2, 0.25) is 0 Å². The second kappa shape index (κ2) is 4.74. The van der Waals surface area contributed by atoms with Crippen molar-refractivity contribution in [1.29, 1.82) is 0 Å². The zero-order valence-corrected chi connectivity index (χ0v) is 8.07. The summed E-state index contributed by atoms with van der Waals surface area (Å²) in [6.45, 7) is 0.352. The molecule has 0 saturated carbocycles. The van der Waals surface area contributed by atoms with Crippen LogP contribution in [0.3, 0.4) is 0 Å². The standard InChI is InChI=1S/C10H14N2O2/c1-14-10(13)8-4-2-3-7(5-8)9(12)6-11/h2-5,9H,6,11-12H2,1H3/t9-/m1/s1. The Morgan fingerprint density at radius 2 is 2.29 bits per heavy atom. The molecule has 1 aromatic carbocycles. The first-order valence-corrected chi connectivity index (χ1v) is 4.33. The fraction of sp³-hybridized carbons (Fsp3) is 0.300. The largest absolute Gasteiger partial charge is 0.465 e. The van der Waals surface area contributed by atoms with Crippen LogP contribution in [0.4, 0.5) is 0 Å². The van der Waals surface area contributed by atoms with Gasteiger partial charge in [-0.2, -0.15) is 0 Å². The fourth-order valence-electron chi connectivity index (χ4n) is 1.15. The Balaban J connectivity index is 2.95. The number of carbonyl (C=O) groups excluding carboxylic acids is 1. The molecule has 0 bridgehead atoms. The minimum absolute atomic E-state index is 0.236. The van der Waals surface area contributed by atoms with Crippen molar-refractivity contribution in [3.05, 3.63) is 35.4 Å². The molecule has 0 unspecified atom stereocenters. The van der Waals surface area contributed by atoms with Crippen molar-refractivity contribution in [3.63, 3.8) is 0 Å². The lowest BCUT2D eigenvalue weighted by Crippen LogP contribution is -2.21. The van der Waals surface area contributed by atoms with Gasteiger partial charge in [-0.1, -0.05) is 12.1 Å². The number of esters is 1. The van der Waals surface area contributed by atoms with Crippen LogP contribution in [0.25, 0.3) is 0 Å². The van der Waals surface area contributed by atoms with Crippen molar-refractivity contribution in [2.45, 2.75) is 6.04 Å². The monoisotopic (exact) mass is 194 g/mol. The van der Waals surface area contributed by atoms with E-state index < -0.39 is 0 Å². The number of carbonyl (C=O) groups is 1. The highest BCUT2D eigenvalue weighted by molar-refractivity contribution is 5.89. The molecular formula is C10H14N2O2. The average Bonchev–Trinajstić information content (AvgIpc) is 2.27. The Kier molecular flexibility index (Phi) is 3.62. The lowest BCUT2D eigenvalue weighted by molar-refractivity contribution is 0.0600. The third-order valence-electron chi connectivity index (χ3n) is 1.99. The summed E-state index contributed by atoms with van der Waals surface area (Å²) in [6.07, 6.45) is 0. The van der Waals surface area contributed by atoms with Gasteiger partial charge in [-0.15, -0.1) is 0 Å². The van der Waals surface area contributed by atoms with Crippen molar-refractivity contribution in [1.82, 2.24) is 0 Å². The van der Waals surface area contributed by atoms with Crippen molar-refractivity contribution < 1.29 is 9.53 Å². The van der Waals surface area contributed by atoms with Crippen LogP contribution in [0.15, 0.2) is 24.3 Å². The molecule has 0 aliphatic carbocycles. The van der Waals surface area contributed by atoms with Gasteiger partial charge < -0.3 is 16.2 Å². The fourth-order valence-corrected chi connectivity index (χ4v) is 1.15. The highest BCUT2D eigenvalue weighted by atomic mass is 16.5. The first-order valence-electron chi connectivity index (χ1n) is 4.33. The summed E-state index contributed by atoms with van der Waals surface area (Å²) in [5.41, 5.74) is 12.5. The Hall–Kier alpha value is -1.39. The number of nitrogens with two attached hydrogens (primary N) is 2. The Labute approximate surface area is 82.8 Å². The molecule has 1 rings (SSSR count). The van der Waals surface area contributed by atoms with Gasteiger partial charge in [0, 0.05) is 12.6 Å². The van der Waals surface area contributed by atoms with E-state index in [4.69, 9.17) is 11.5 Å². The first-order chi connectivity index (χ1) is 6.69. The number of ether oxygens (including phenoxy) is 1.